The summed E-state index contributed by atoms with van der Waals surface area (Å²) in [7, 11) is 0. The van der Waals surface area contributed by atoms with Crippen molar-refractivity contribution >= 4 is 16.9 Å². The molecule has 0 aliphatic carbocycles. The van der Waals surface area contributed by atoms with Gasteiger partial charge in [-0.1, -0.05) is 0 Å². The number of hydrogen-bond acceptors (Lipinski definition) is 1. The molecule has 0 aliphatic rings. The lowest BCUT2D eigenvalue weighted by Gasteiger charge is -2.03. The molecule has 64 valence electrons. The van der Waals surface area contributed by atoms with E-state index in [0.717, 1.165) is 6.92 Å². The molecule has 0 bridgehead atoms. The van der Waals surface area contributed by atoms with Crippen molar-refractivity contribution in [2.24, 2.45) is 10.7 Å². The van der Waals surface area contributed by atoms with Gasteiger partial charge in [-0.05, 0) is 18.5 Å². The zero-order valence-electron chi connectivity index (χ0n) is 5.61. The number of halogens is 4. The smallest absolute Gasteiger partial charge is 0.374 e. The van der Waals surface area contributed by atoms with Crippen LogP contribution in [0.15, 0.2) is 16.8 Å². The third-order valence-corrected chi connectivity index (χ3v) is 0.926. The molecule has 6 heteroatoms. The predicted molar refractivity (Wildman–Crippen MR) is 37.3 cm³/mol. The molecule has 0 saturated heterocycles. The van der Waals surface area contributed by atoms with Crippen LogP contribution in [0.1, 0.15) is 6.92 Å². The van der Waals surface area contributed by atoms with E-state index in [2.05, 4.69) is 4.99 Å². The number of aliphatic imine (C=N–C) groups is 1. The molecule has 0 saturated carbocycles. The first-order valence-electron chi connectivity index (χ1n) is 2.57. The van der Waals surface area contributed by atoms with Gasteiger partial charge in [-0.3, -0.25) is 0 Å². The summed E-state index contributed by atoms with van der Waals surface area (Å²) in [6.07, 6.45) is -3.79. The summed E-state index contributed by atoms with van der Waals surface area (Å²) >= 11 is 4.99. The standard InChI is InChI=1S/C5H6ClF3N2/c1-3(5(7,8)9)2-11-4(6)10/h2H,1H3,(H2,10,11)/b3-2+. The van der Waals surface area contributed by atoms with Crippen molar-refractivity contribution in [1.82, 2.24) is 0 Å². The molecule has 2 N–H and O–H groups in total. The number of amidine groups is 1. The second-order valence-electron chi connectivity index (χ2n) is 1.76. The SMILES string of the molecule is C/C(=C\N=C(N)Cl)C(F)(F)F. The lowest BCUT2D eigenvalue weighted by molar-refractivity contribution is -0.0914. The molecule has 0 radical (unpaired) electrons. The molecular formula is C5H6ClF3N2. The Morgan fingerprint density at radius 3 is 2.27 bits per heavy atom. The van der Waals surface area contributed by atoms with Crippen LogP contribution in [0.4, 0.5) is 13.2 Å². The maximum Gasteiger partial charge on any atom is 0.413 e. The van der Waals surface area contributed by atoms with Gasteiger partial charge in [0.05, 0.1) is 0 Å². The normalized spacial score (nSPS) is 15.4. The quantitative estimate of drug-likeness (QED) is 0.380. The molecule has 0 aliphatic heterocycles. The van der Waals surface area contributed by atoms with Crippen molar-refractivity contribution < 1.29 is 13.2 Å². The monoisotopic (exact) mass is 186 g/mol. The van der Waals surface area contributed by atoms with Crippen molar-refractivity contribution in [2.45, 2.75) is 13.1 Å². The van der Waals surface area contributed by atoms with Gasteiger partial charge in [0.1, 0.15) is 0 Å². The van der Waals surface area contributed by atoms with E-state index in [-0.39, 0.29) is 0 Å². The minimum atomic E-state index is -4.37. The van der Waals surface area contributed by atoms with Crippen molar-refractivity contribution in [3.05, 3.63) is 11.8 Å². The van der Waals surface area contributed by atoms with Gasteiger partial charge in [0.25, 0.3) is 0 Å². The van der Waals surface area contributed by atoms with Crippen LogP contribution in [0, 0.1) is 0 Å². The van der Waals surface area contributed by atoms with Gasteiger partial charge in [-0.15, -0.1) is 0 Å². The number of allylic oxidation sites excluding steroid dienone is 1. The third kappa shape index (κ3) is 4.66. The van der Waals surface area contributed by atoms with Crippen LogP contribution in [-0.4, -0.2) is 11.5 Å². The topological polar surface area (TPSA) is 38.4 Å². The molecule has 0 amide bonds. The summed E-state index contributed by atoms with van der Waals surface area (Å²) < 4.78 is 35.0. The Kier molecular flexibility index (Phi) is 3.38. The van der Waals surface area contributed by atoms with Gasteiger partial charge in [0, 0.05) is 11.8 Å². The van der Waals surface area contributed by atoms with Gasteiger partial charge in [-0.25, -0.2) is 4.99 Å². The lowest BCUT2D eigenvalue weighted by atomic mass is 10.3. The van der Waals surface area contributed by atoms with Crippen LogP contribution in [0.25, 0.3) is 0 Å². The molecule has 2 nitrogen and oxygen atoms in total. The van der Waals surface area contributed by atoms with E-state index in [9.17, 15) is 13.2 Å². The molecule has 0 rings (SSSR count). The Hall–Kier alpha value is -0.710. The Balaban J connectivity index is 4.36. The molecular weight excluding hydrogens is 181 g/mol. The minimum absolute atomic E-state index is 0.423. The molecule has 0 aromatic heterocycles. The molecule has 0 aromatic rings. The van der Waals surface area contributed by atoms with Gasteiger partial charge < -0.3 is 5.73 Å². The molecule has 0 unspecified atom stereocenters. The van der Waals surface area contributed by atoms with Gasteiger partial charge >= 0.3 is 6.18 Å². The van der Waals surface area contributed by atoms with Gasteiger partial charge in [0.15, 0.2) is 5.29 Å². The fraction of sp³-hybridized carbons (Fsp3) is 0.400. The molecule has 11 heavy (non-hydrogen) atoms. The van der Waals surface area contributed by atoms with E-state index >= 15 is 0 Å². The Labute approximate surface area is 66.5 Å². The molecule has 0 heterocycles. The average molecular weight is 187 g/mol. The summed E-state index contributed by atoms with van der Waals surface area (Å²) in [4.78, 5) is 3.07. The summed E-state index contributed by atoms with van der Waals surface area (Å²) in [5, 5.41) is -0.423. The average Bonchev–Trinajstić information content (AvgIpc) is 1.80. The fourth-order valence-corrected chi connectivity index (χ4v) is 0.280. The first-order chi connectivity index (χ1) is 4.84. The number of alkyl halides is 3. The lowest BCUT2D eigenvalue weighted by Crippen LogP contribution is -2.09. The van der Waals surface area contributed by atoms with Crippen molar-refractivity contribution in [3.63, 3.8) is 0 Å². The number of nitrogens with two attached hydrogens (primary N) is 1. The second kappa shape index (κ2) is 3.61. The summed E-state index contributed by atoms with van der Waals surface area (Å²) in [5.41, 5.74) is 3.94. The van der Waals surface area contributed by atoms with E-state index in [4.69, 9.17) is 17.3 Å². The summed E-state index contributed by atoms with van der Waals surface area (Å²) in [6.45, 7) is 0.878. The Morgan fingerprint density at radius 2 is 2.00 bits per heavy atom. The van der Waals surface area contributed by atoms with Crippen LogP contribution >= 0.6 is 11.6 Å². The highest BCUT2D eigenvalue weighted by atomic mass is 35.5. The highest BCUT2D eigenvalue weighted by Crippen LogP contribution is 2.24. The largest absolute Gasteiger partial charge is 0.413 e. The number of nitrogens with zero attached hydrogens (tertiary/aromatic N) is 1. The fourth-order valence-electron chi connectivity index (χ4n) is 0.232. The van der Waals surface area contributed by atoms with Gasteiger partial charge in [-0.2, -0.15) is 13.2 Å². The van der Waals surface area contributed by atoms with Crippen molar-refractivity contribution in [2.75, 3.05) is 0 Å². The highest BCUT2D eigenvalue weighted by Gasteiger charge is 2.29. The van der Waals surface area contributed by atoms with Crippen LogP contribution in [0.5, 0.6) is 0 Å². The van der Waals surface area contributed by atoms with Crippen molar-refractivity contribution in [1.29, 1.82) is 0 Å². The van der Waals surface area contributed by atoms with Crippen LogP contribution in [0.2, 0.25) is 0 Å². The van der Waals surface area contributed by atoms with E-state index in [1.807, 2.05) is 0 Å². The van der Waals surface area contributed by atoms with Crippen LogP contribution in [0.3, 0.4) is 0 Å². The molecule has 0 spiro atoms. The number of hydrogen-bond donors (Lipinski definition) is 1. The maximum absolute atomic E-state index is 11.7. The Morgan fingerprint density at radius 1 is 1.55 bits per heavy atom. The van der Waals surface area contributed by atoms with E-state index in [1.165, 1.54) is 0 Å². The maximum atomic E-state index is 11.7. The van der Waals surface area contributed by atoms with E-state index < -0.39 is 17.0 Å². The predicted octanol–water partition coefficient (Wildman–Crippen LogP) is 2.01. The van der Waals surface area contributed by atoms with E-state index in [1.54, 1.807) is 0 Å². The Bertz CT molecular complexity index is 190. The first-order valence-corrected chi connectivity index (χ1v) is 2.94. The zero-order valence-corrected chi connectivity index (χ0v) is 6.37. The first kappa shape index (κ1) is 10.3. The minimum Gasteiger partial charge on any atom is -0.374 e. The van der Waals surface area contributed by atoms with Crippen molar-refractivity contribution in [3.8, 4) is 0 Å². The summed E-state index contributed by atoms with van der Waals surface area (Å²) in [5.74, 6) is 0. The van der Waals surface area contributed by atoms with Crippen LogP contribution < -0.4 is 5.73 Å². The second-order valence-corrected chi connectivity index (χ2v) is 2.15. The molecule has 0 aromatic carbocycles. The van der Waals surface area contributed by atoms with Gasteiger partial charge in [0.2, 0.25) is 0 Å². The van der Waals surface area contributed by atoms with Crippen LogP contribution in [-0.2, 0) is 0 Å². The summed E-state index contributed by atoms with van der Waals surface area (Å²) in [6, 6.07) is 0. The highest BCUT2D eigenvalue weighted by molar-refractivity contribution is 6.64. The van der Waals surface area contributed by atoms with E-state index in [0.29, 0.717) is 6.20 Å². The zero-order chi connectivity index (χ0) is 9.07. The molecule has 0 atom stereocenters. The third-order valence-electron chi connectivity index (χ3n) is 0.829. The number of rotatable bonds is 1. The molecule has 0 fully saturated rings.